The zero-order chi connectivity index (χ0) is 22.0. The normalized spacial score (nSPS) is 13.1. The quantitative estimate of drug-likeness (QED) is 0.468. The molecule has 0 amide bonds. The van der Waals surface area contributed by atoms with Crippen molar-refractivity contribution in [3.63, 3.8) is 0 Å². The van der Waals surface area contributed by atoms with Gasteiger partial charge in [-0.3, -0.25) is 4.68 Å². The highest BCUT2D eigenvalue weighted by Crippen LogP contribution is 2.39. The number of aromatic nitrogens is 2. The number of ether oxygens (including phenoxy) is 2. The summed E-state index contributed by atoms with van der Waals surface area (Å²) in [7, 11) is 0. The molecule has 1 aromatic carbocycles. The first-order valence-electron chi connectivity index (χ1n) is 10.4. The van der Waals surface area contributed by atoms with E-state index in [2.05, 4.69) is 65.7 Å². The fourth-order valence-electron chi connectivity index (χ4n) is 3.65. The van der Waals surface area contributed by atoms with Gasteiger partial charge in [0.1, 0.15) is 5.75 Å². The summed E-state index contributed by atoms with van der Waals surface area (Å²) in [6.07, 6.45) is 3.00. The van der Waals surface area contributed by atoms with Crippen LogP contribution in [0.1, 0.15) is 74.3 Å². The van der Waals surface area contributed by atoms with Gasteiger partial charge in [0.15, 0.2) is 0 Å². The van der Waals surface area contributed by atoms with E-state index in [1.165, 1.54) is 5.56 Å². The lowest BCUT2D eigenvalue weighted by molar-refractivity contribution is 0.137. The zero-order valence-electron chi connectivity index (χ0n) is 19.5. The first kappa shape index (κ1) is 23.6. The number of rotatable bonds is 8. The number of nitrogens with zero attached hydrogens (tertiary/aromatic N) is 2. The van der Waals surface area contributed by atoms with Gasteiger partial charge in [-0.05, 0) is 69.6 Å². The molecule has 0 aliphatic carbocycles. The van der Waals surface area contributed by atoms with Gasteiger partial charge in [-0.2, -0.15) is 0 Å². The van der Waals surface area contributed by atoms with Crippen molar-refractivity contribution in [2.75, 3.05) is 6.61 Å². The molecule has 2 aromatic rings. The van der Waals surface area contributed by atoms with Crippen LogP contribution < -0.4 is 9.47 Å². The van der Waals surface area contributed by atoms with Crippen molar-refractivity contribution in [2.24, 2.45) is 5.41 Å². The Morgan fingerprint density at radius 1 is 1.03 bits per heavy atom. The molecule has 4 nitrogen and oxygen atoms in total. The molecule has 0 N–H and O–H groups in total. The van der Waals surface area contributed by atoms with Crippen molar-refractivity contribution >= 4 is 11.6 Å². The lowest BCUT2D eigenvalue weighted by Crippen LogP contribution is -2.31. The average Bonchev–Trinajstić information content (AvgIpc) is 3.03. The highest BCUT2D eigenvalue weighted by molar-refractivity contribution is 6.32. The molecule has 29 heavy (non-hydrogen) atoms. The molecular weight excluding hydrogens is 384 g/mol. The molecule has 0 saturated carbocycles. The van der Waals surface area contributed by atoms with Gasteiger partial charge < -0.3 is 9.47 Å². The van der Waals surface area contributed by atoms with Gasteiger partial charge >= 0.3 is 0 Å². The molecule has 0 aliphatic rings. The van der Waals surface area contributed by atoms with Crippen LogP contribution in [0.2, 0.25) is 5.02 Å². The summed E-state index contributed by atoms with van der Waals surface area (Å²) in [5.74, 6) is 1.42. The monoisotopic (exact) mass is 420 g/mol. The smallest absolute Gasteiger partial charge is 0.232 e. The molecule has 0 fully saturated rings. The summed E-state index contributed by atoms with van der Waals surface area (Å²) in [5.41, 5.74) is 1.07. The van der Waals surface area contributed by atoms with Gasteiger partial charge in [-0.25, -0.2) is 0 Å². The third-order valence-corrected chi connectivity index (χ3v) is 5.17. The van der Waals surface area contributed by atoms with Crippen molar-refractivity contribution in [2.45, 2.75) is 85.8 Å². The lowest BCUT2D eigenvalue weighted by Gasteiger charge is -2.35. The summed E-state index contributed by atoms with van der Waals surface area (Å²) in [6, 6.07) is 8.03. The Labute approximate surface area is 181 Å². The topological polar surface area (TPSA) is 36.3 Å². The molecule has 0 atom stereocenters. The summed E-state index contributed by atoms with van der Waals surface area (Å²) in [5, 5.41) is 5.20. The molecule has 0 saturated heterocycles. The van der Waals surface area contributed by atoms with Crippen LogP contribution in [0, 0.1) is 5.41 Å². The first-order valence-corrected chi connectivity index (χ1v) is 10.7. The SMILES string of the molecule is CC(C)Oc1cc(C(C)(C)CC(C)(C)COc2ccn(C(C)(C)C)n2)ccc1Cl. The summed E-state index contributed by atoms with van der Waals surface area (Å²) in [4.78, 5) is 0. The Hall–Kier alpha value is -1.68. The van der Waals surface area contributed by atoms with Gasteiger partial charge in [-0.1, -0.05) is 45.4 Å². The molecular formula is C24H37ClN2O2. The summed E-state index contributed by atoms with van der Waals surface area (Å²) < 4.78 is 13.9. The Morgan fingerprint density at radius 3 is 2.24 bits per heavy atom. The average molecular weight is 421 g/mol. The van der Waals surface area contributed by atoms with Crippen molar-refractivity contribution < 1.29 is 9.47 Å². The number of benzene rings is 1. The molecule has 1 aromatic heterocycles. The minimum Gasteiger partial charge on any atom is -0.489 e. The number of hydrogen-bond acceptors (Lipinski definition) is 3. The maximum absolute atomic E-state index is 6.32. The molecule has 0 radical (unpaired) electrons. The van der Waals surface area contributed by atoms with E-state index in [1.807, 2.05) is 36.9 Å². The van der Waals surface area contributed by atoms with Gasteiger partial charge in [0.25, 0.3) is 0 Å². The van der Waals surface area contributed by atoms with Crippen LogP contribution >= 0.6 is 11.6 Å². The predicted octanol–water partition coefficient (Wildman–Crippen LogP) is 6.85. The predicted molar refractivity (Wildman–Crippen MR) is 121 cm³/mol. The van der Waals surface area contributed by atoms with E-state index in [1.54, 1.807) is 0 Å². The molecule has 162 valence electrons. The Morgan fingerprint density at radius 2 is 1.69 bits per heavy atom. The largest absolute Gasteiger partial charge is 0.489 e. The van der Waals surface area contributed by atoms with Crippen LogP contribution in [-0.4, -0.2) is 22.5 Å². The van der Waals surface area contributed by atoms with E-state index in [0.29, 0.717) is 17.5 Å². The zero-order valence-corrected chi connectivity index (χ0v) is 20.2. The van der Waals surface area contributed by atoms with Crippen molar-refractivity contribution in [1.29, 1.82) is 0 Å². The fraction of sp³-hybridized carbons (Fsp3) is 0.625. The van der Waals surface area contributed by atoms with Crippen molar-refractivity contribution in [1.82, 2.24) is 9.78 Å². The van der Waals surface area contributed by atoms with E-state index in [-0.39, 0.29) is 22.5 Å². The Bertz CT molecular complexity index is 817. The minimum absolute atomic E-state index is 0.0340. The second-order valence-electron chi connectivity index (χ2n) is 10.6. The van der Waals surface area contributed by atoms with Crippen LogP contribution in [0.5, 0.6) is 11.6 Å². The van der Waals surface area contributed by atoms with E-state index in [4.69, 9.17) is 21.1 Å². The van der Waals surface area contributed by atoms with Crippen molar-refractivity contribution in [3.05, 3.63) is 41.0 Å². The third kappa shape index (κ3) is 6.67. The second kappa shape index (κ2) is 8.59. The van der Waals surface area contributed by atoms with Crippen molar-refractivity contribution in [3.8, 4) is 11.6 Å². The Kier molecular flexibility index (Phi) is 6.99. The molecule has 0 bridgehead atoms. The highest BCUT2D eigenvalue weighted by Gasteiger charge is 2.32. The van der Waals surface area contributed by atoms with Crippen LogP contribution in [0.25, 0.3) is 0 Å². The summed E-state index contributed by atoms with van der Waals surface area (Å²) >= 11 is 6.32. The molecule has 0 spiro atoms. The van der Waals surface area contributed by atoms with Crippen LogP contribution in [0.15, 0.2) is 30.5 Å². The maximum atomic E-state index is 6.32. The molecule has 0 aliphatic heterocycles. The van der Waals surface area contributed by atoms with Gasteiger partial charge in [0.2, 0.25) is 5.88 Å². The molecule has 2 rings (SSSR count). The minimum atomic E-state index is -0.0582. The molecule has 5 heteroatoms. The summed E-state index contributed by atoms with van der Waals surface area (Å²) in [6.45, 7) is 20.0. The van der Waals surface area contributed by atoms with Crippen LogP contribution in [0.3, 0.4) is 0 Å². The van der Waals surface area contributed by atoms with Crippen LogP contribution in [0.4, 0.5) is 0 Å². The fourth-order valence-corrected chi connectivity index (χ4v) is 3.81. The standard InChI is InChI=1S/C24H37ClN2O2/c1-17(2)29-20-14-18(10-11-19(20)25)24(8,9)15-23(6,7)16-28-21-12-13-27(26-21)22(3,4)5/h10-14,17H,15-16H2,1-9H3. The lowest BCUT2D eigenvalue weighted by atomic mass is 9.71. The Balaban J connectivity index is 2.08. The third-order valence-electron chi connectivity index (χ3n) is 4.86. The number of halogens is 1. The van der Waals surface area contributed by atoms with Gasteiger partial charge in [0, 0.05) is 12.3 Å². The van der Waals surface area contributed by atoms with Gasteiger partial charge in [-0.15, -0.1) is 5.10 Å². The molecule has 0 unspecified atom stereocenters. The second-order valence-corrected chi connectivity index (χ2v) is 11.0. The van der Waals surface area contributed by atoms with E-state index in [0.717, 1.165) is 12.2 Å². The van der Waals surface area contributed by atoms with Gasteiger partial charge in [0.05, 0.1) is 23.3 Å². The molecule has 1 heterocycles. The highest BCUT2D eigenvalue weighted by atomic mass is 35.5. The van der Waals surface area contributed by atoms with E-state index >= 15 is 0 Å². The van der Waals surface area contributed by atoms with Crippen LogP contribution in [-0.2, 0) is 11.0 Å². The van der Waals surface area contributed by atoms with E-state index < -0.39 is 0 Å². The van der Waals surface area contributed by atoms with E-state index in [9.17, 15) is 0 Å². The first-order chi connectivity index (χ1) is 13.2. The number of hydrogen-bond donors (Lipinski definition) is 0. The maximum Gasteiger partial charge on any atom is 0.232 e.